The first-order valence-electron chi connectivity index (χ1n) is 21.6. The van der Waals surface area contributed by atoms with Gasteiger partial charge in [-0.2, -0.15) is 0 Å². The highest BCUT2D eigenvalue weighted by Crippen LogP contribution is 2.13. The first-order valence-corrected chi connectivity index (χ1v) is 21.6. The number of rotatable bonds is 38. The Labute approximate surface area is 320 Å². The predicted molar refractivity (Wildman–Crippen MR) is 219 cm³/mol. The Morgan fingerprint density at radius 1 is 0.385 bits per heavy atom. The summed E-state index contributed by atoms with van der Waals surface area (Å²) in [5.41, 5.74) is 0. The third kappa shape index (κ3) is 38.6. The van der Waals surface area contributed by atoms with E-state index in [0.29, 0.717) is 19.3 Å². The zero-order valence-electron chi connectivity index (χ0n) is 34.1. The zero-order chi connectivity index (χ0) is 38.0. The van der Waals surface area contributed by atoms with E-state index in [4.69, 9.17) is 14.2 Å². The lowest BCUT2D eigenvalue weighted by Crippen LogP contribution is -2.30. The predicted octanol–water partition coefficient (Wildman–Crippen LogP) is 13.6. The Morgan fingerprint density at radius 2 is 0.731 bits per heavy atom. The molecule has 0 aliphatic carbocycles. The highest BCUT2D eigenvalue weighted by atomic mass is 16.6. The van der Waals surface area contributed by atoms with Gasteiger partial charge in [-0.05, 0) is 83.5 Å². The summed E-state index contributed by atoms with van der Waals surface area (Å²) >= 11 is 0. The average Bonchev–Trinajstić information content (AvgIpc) is 3.14. The quantitative estimate of drug-likeness (QED) is 0.0272. The van der Waals surface area contributed by atoms with E-state index >= 15 is 0 Å². The van der Waals surface area contributed by atoms with Gasteiger partial charge in [-0.25, -0.2) is 0 Å². The van der Waals surface area contributed by atoms with E-state index in [9.17, 15) is 14.4 Å². The maximum atomic E-state index is 12.7. The van der Waals surface area contributed by atoms with Crippen LogP contribution in [0, 0.1) is 0 Å². The van der Waals surface area contributed by atoms with Crippen LogP contribution in [0.4, 0.5) is 0 Å². The summed E-state index contributed by atoms with van der Waals surface area (Å²) in [5, 5.41) is 0. The smallest absolute Gasteiger partial charge is 0.306 e. The fraction of sp³-hybridized carbons (Fsp3) is 0.761. The van der Waals surface area contributed by atoms with E-state index in [0.717, 1.165) is 109 Å². The molecular weight excluding hydrogens is 648 g/mol. The molecule has 0 amide bonds. The second-order valence-corrected chi connectivity index (χ2v) is 14.2. The Kier molecular flexibility index (Phi) is 39.1. The Balaban J connectivity index is 4.41. The largest absolute Gasteiger partial charge is 0.462 e. The molecule has 0 fully saturated rings. The topological polar surface area (TPSA) is 78.9 Å². The van der Waals surface area contributed by atoms with Gasteiger partial charge in [0.2, 0.25) is 0 Å². The van der Waals surface area contributed by atoms with Crippen LogP contribution in [0.25, 0.3) is 0 Å². The minimum absolute atomic E-state index is 0.0861. The minimum atomic E-state index is -0.782. The fourth-order valence-electron chi connectivity index (χ4n) is 5.70. The molecule has 0 aromatic heterocycles. The monoisotopic (exact) mass is 729 g/mol. The van der Waals surface area contributed by atoms with Gasteiger partial charge in [-0.1, -0.05) is 153 Å². The van der Waals surface area contributed by atoms with Crippen molar-refractivity contribution in [3.8, 4) is 0 Å². The third-order valence-electron chi connectivity index (χ3n) is 8.99. The van der Waals surface area contributed by atoms with E-state index in [2.05, 4.69) is 69.4 Å². The molecule has 52 heavy (non-hydrogen) atoms. The van der Waals surface area contributed by atoms with Crippen molar-refractivity contribution >= 4 is 17.9 Å². The van der Waals surface area contributed by atoms with Crippen molar-refractivity contribution in [2.75, 3.05) is 13.2 Å². The molecule has 0 aromatic rings. The molecule has 0 heterocycles. The van der Waals surface area contributed by atoms with Gasteiger partial charge in [0.25, 0.3) is 0 Å². The molecule has 0 rings (SSSR count). The molecule has 1 unspecified atom stereocenters. The van der Waals surface area contributed by atoms with Gasteiger partial charge in [0, 0.05) is 19.3 Å². The first kappa shape index (κ1) is 49.4. The maximum Gasteiger partial charge on any atom is 0.306 e. The average molecular weight is 729 g/mol. The van der Waals surface area contributed by atoms with Crippen molar-refractivity contribution in [2.24, 2.45) is 0 Å². The molecular formula is C46H80O6. The van der Waals surface area contributed by atoms with Crippen molar-refractivity contribution in [1.82, 2.24) is 0 Å². The number of carbonyl (C=O) groups is 3. The number of esters is 3. The van der Waals surface area contributed by atoms with Crippen molar-refractivity contribution < 1.29 is 28.6 Å². The van der Waals surface area contributed by atoms with Crippen molar-refractivity contribution in [1.29, 1.82) is 0 Å². The molecule has 0 saturated carbocycles. The summed E-state index contributed by atoms with van der Waals surface area (Å²) in [6.07, 6.45) is 46.6. The molecule has 1 atom stereocenters. The van der Waals surface area contributed by atoms with Gasteiger partial charge >= 0.3 is 17.9 Å². The summed E-state index contributed by atoms with van der Waals surface area (Å²) in [6, 6.07) is 0. The van der Waals surface area contributed by atoms with Gasteiger partial charge in [-0.3, -0.25) is 14.4 Å². The molecule has 6 heteroatoms. The number of allylic oxidation sites excluding steroid dienone is 8. The summed E-state index contributed by atoms with van der Waals surface area (Å²) in [5.74, 6) is -0.926. The Morgan fingerprint density at radius 3 is 1.17 bits per heavy atom. The van der Waals surface area contributed by atoms with Gasteiger partial charge in [0.05, 0.1) is 0 Å². The Bertz CT molecular complexity index is 933. The molecule has 0 N–H and O–H groups in total. The van der Waals surface area contributed by atoms with E-state index in [1.54, 1.807) is 0 Å². The molecule has 6 nitrogen and oxygen atoms in total. The van der Waals surface area contributed by atoms with Gasteiger partial charge < -0.3 is 14.2 Å². The number of ether oxygens (including phenoxy) is 3. The van der Waals surface area contributed by atoms with Crippen molar-refractivity contribution in [3.63, 3.8) is 0 Å². The van der Waals surface area contributed by atoms with Gasteiger partial charge in [0.1, 0.15) is 13.2 Å². The van der Waals surface area contributed by atoms with Crippen LogP contribution in [0.15, 0.2) is 48.6 Å². The number of carbonyl (C=O) groups excluding carboxylic acids is 3. The van der Waals surface area contributed by atoms with Crippen molar-refractivity contribution in [2.45, 2.75) is 213 Å². The lowest BCUT2D eigenvalue weighted by Gasteiger charge is -2.18. The summed E-state index contributed by atoms with van der Waals surface area (Å²) in [4.78, 5) is 37.6. The number of unbranched alkanes of at least 4 members (excludes halogenated alkanes) is 19. The summed E-state index contributed by atoms with van der Waals surface area (Å²) in [6.45, 7) is 6.42. The van der Waals surface area contributed by atoms with E-state index in [1.807, 2.05) is 0 Å². The molecule has 0 saturated heterocycles. The number of hydrogen-bond acceptors (Lipinski definition) is 6. The van der Waals surface area contributed by atoms with Gasteiger partial charge in [0.15, 0.2) is 6.10 Å². The second kappa shape index (κ2) is 41.1. The SMILES string of the molecule is CCC/C=C\C/C=C\CCCCCCCC(=O)OCC(COC(=O)CCCCCCC/C=C\CCC)OC(=O)CCCCCCC/C=C\CCCC. The van der Waals surface area contributed by atoms with E-state index in [1.165, 1.54) is 57.8 Å². The third-order valence-corrected chi connectivity index (χ3v) is 8.99. The van der Waals surface area contributed by atoms with Crippen molar-refractivity contribution in [3.05, 3.63) is 48.6 Å². The summed E-state index contributed by atoms with van der Waals surface area (Å²) in [7, 11) is 0. The van der Waals surface area contributed by atoms with Crippen LogP contribution in [-0.4, -0.2) is 37.2 Å². The van der Waals surface area contributed by atoms with Gasteiger partial charge in [-0.15, -0.1) is 0 Å². The second-order valence-electron chi connectivity index (χ2n) is 14.2. The standard InChI is InChI=1S/C46H80O6/c1-4-7-10-13-16-19-22-23-25-27-30-33-36-39-45(48)51-42-43(41-50-44(47)38-35-32-29-26-21-18-15-12-9-6-3)52-46(49)40-37-34-31-28-24-20-17-14-11-8-5-2/h10,12-15,17,19,22,43H,4-9,11,16,18,20-21,23-42H2,1-3H3/b13-10-,15-12-,17-14-,22-19-. The lowest BCUT2D eigenvalue weighted by molar-refractivity contribution is -0.167. The number of hydrogen-bond donors (Lipinski definition) is 0. The minimum Gasteiger partial charge on any atom is -0.462 e. The molecule has 0 bridgehead atoms. The molecule has 0 spiro atoms. The lowest BCUT2D eigenvalue weighted by atomic mass is 10.1. The van der Waals surface area contributed by atoms with E-state index in [-0.39, 0.29) is 31.1 Å². The molecule has 0 aliphatic rings. The highest BCUT2D eigenvalue weighted by Gasteiger charge is 2.19. The normalized spacial score (nSPS) is 12.4. The van der Waals surface area contributed by atoms with E-state index < -0.39 is 6.10 Å². The maximum absolute atomic E-state index is 12.7. The molecule has 0 aromatic carbocycles. The molecule has 0 radical (unpaired) electrons. The van der Waals surface area contributed by atoms with Crippen LogP contribution in [0.1, 0.15) is 207 Å². The highest BCUT2D eigenvalue weighted by molar-refractivity contribution is 5.71. The Hall–Kier alpha value is -2.63. The fourth-order valence-corrected chi connectivity index (χ4v) is 5.70. The zero-order valence-corrected chi connectivity index (χ0v) is 34.1. The van der Waals surface area contributed by atoms with Crippen LogP contribution in [0.5, 0.6) is 0 Å². The molecule has 300 valence electrons. The van der Waals surface area contributed by atoms with Crippen LogP contribution in [0.3, 0.4) is 0 Å². The van der Waals surface area contributed by atoms with Crippen LogP contribution < -0.4 is 0 Å². The van der Waals surface area contributed by atoms with Crippen LogP contribution in [0.2, 0.25) is 0 Å². The van der Waals surface area contributed by atoms with Crippen LogP contribution >= 0.6 is 0 Å². The first-order chi connectivity index (χ1) is 25.5. The molecule has 0 aliphatic heterocycles. The van der Waals surface area contributed by atoms with Crippen LogP contribution in [-0.2, 0) is 28.6 Å². The summed E-state index contributed by atoms with van der Waals surface area (Å²) < 4.78 is 16.6.